The van der Waals surface area contributed by atoms with E-state index in [-0.39, 0.29) is 11.3 Å². The van der Waals surface area contributed by atoms with Crippen molar-refractivity contribution >= 4 is 5.91 Å². The number of rotatable bonds is 6. The smallest absolute Gasteiger partial charge is 0.225 e. The summed E-state index contributed by atoms with van der Waals surface area (Å²) in [5.74, 6) is 0.654. The van der Waals surface area contributed by atoms with Gasteiger partial charge in [-0.25, -0.2) is 0 Å². The van der Waals surface area contributed by atoms with E-state index in [1.807, 2.05) is 4.90 Å². The molecule has 0 heterocycles. The second-order valence-electron chi connectivity index (χ2n) is 6.11. The van der Waals surface area contributed by atoms with Crippen LogP contribution in [-0.2, 0) is 4.79 Å². The van der Waals surface area contributed by atoms with Crippen LogP contribution in [0.25, 0.3) is 0 Å². The van der Waals surface area contributed by atoms with Gasteiger partial charge in [0.2, 0.25) is 5.91 Å². The molecule has 2 N–H and O–H groups in total. The molecule has 100 valence electrons. The average Bonchev–Trinajstić information content (AvgIpc) is 2.81. The van der Waals surface area contributed by atoms with Gasteiger partial charge in [-0.1, -0.05) is 33.6 Å². The Labute approximate surface area is 106 Å². The molecule has 0 aromatic rings. The first-order valence-electron chi connectivity index (χ1n) is 6.99. The monoisotopic (exact) mass is 240 g/mol. The van der Waals surface area contributed by atoms with Crippen LogP contribution in [-0.4, -0.2) is 30.4 Å². The Morgan fingerprint density at radius 2 is 1.94 bits per heavy atom. The maximum Gasteiger partial charge on any atom is 0.225 e. The van der Waals surface area contributed by atoms with Crippen molar-refractivity contribution in [3.63, 3.8) is 0 Å². The lowest BCUT2D eigenvalue weighted by atomic mass is 9.92. The summed E-state index contributed by atoms with van der Waals surface area (Å²) in [6.45, 7) is 8.70. The van der Waals surface area contributed by atoms with Gasteiger partial charge < -0.3 is 10.6 Å². The van der Waals surface area contributed by atoms with Gasteiger partial charge in [-0.15, -0.1) is 0 Å². The zero-order chi connectivity index (χ0) is 12.9. The van der Waals surface area contributed by atoms with Crippen LogP contribution < -0.4 is 5.73 Å². The summed E-state index contributed by atoms with van der Waals surface area (Å²) in [6, 6.07) is 0. The predicted octanol–water partition coefficient (Wildman–Crippen LogP) is 2.40. The summed E-state index contributed by atoms with van der Waals surface area (Å²) >= 11 is 0. The molecule has 0 spiro atoms. The third-order valence-corrected chi connectivity index (χ3v) is 3.68. The summed E-state index contributed by atoms with van der Waals surface area (Å²) in [6.07, 6.45) is 5.64. The second kappa shape index (κ2) is 6.39. The predicted molar refractivity (Wildman–Crippen MR) is 71.7 cm³/mol. The fourth-order valence-corrected chi connectivity index (χ4v) is 2.55. The minimum absolute atomic E-state index is 0.0312. The number of nitrogens with two attached hydrogens (primary N) is 1. The van der Waals surface area contributed by atoms with Gasteiger partial charge in [0.1, 0.15) is 0 Å². The Hall–Kier alpha value is -0.570. The van der Waals surface area contributed by atoms with E-state index in [2.05, 4.69) is 20.8 Å². The highest BCUT2D eigenvalue weighted by atomic mass is 16.2. The molecule has 3 heteroatoms. The number of carbonyl (C=O) groups excluding carboxylic acids is 1. The molecule has 1 rings (SSSR count). The number of carbonyl (C=O) groups is 1. The van der Waals surface area contributed by atoms with Gasteiger partial charge in [-0.05, 0) is 31.2 Å². The number of amides is 1. The van der Waals surface area contributed by atoms with Crippen LogP contribution >= 0.6 is 0 Å². The van der Waals surface area contributed by atoms with Crippen molar-refractivity contribution in [1.29, 1.82) is 0 Å². The maximum absolute atomic E-state index is 12.4. The molecule has 1 aliphatic rings. The normalized spacial score (nSPS) is 17.4. The zero-order valence-corrected chi connectivity index (χ0v) is 11.7. The Morgan fingerprint density at radius 1 is 1.35 bits per heavy atom. The molecular weight excluding hydrogens is 212 g/mol. The van der Waals surface area contributed by atoms with Crippen molar-refractivity contribution < 1.29 is 4.79 Å². The summed E-state index contributed by atoms with van der Waals surface area (Å²) in [4.78, 5) is 14.5. The van der Waals surface area contributed by atoms with Crippen LogP contribution in [0.2, 0.25) is 0 Å². The van der Waals surface area contributed by atoms with Crippen LogP contribution in [0.4, 0.5) is 0 Å². The largest absolute Gasteiger partial charge is 0.342 e. The van der Waals surface area contributed by atoms with Crippen LogP contribution in [0, 0.1) is 11.3 Å². The molecule has 1 aliphatic carbocycles. The molecule has 0 atom stereocenters. The molecule has 0 bridgehead atoms. The summed E-state index contributed by atoms with van der Waals surface area (Å²) in [5.41, 5.74) is 5.80. The first kappa shape index (κ1) is 14.5. The maximum atomic E-state index is 12.4. The number of hydrogen-bond acceptors (Lipinski definition) is 2. The van der Waals surface area contributed by atoms with E-state index in [9.17, 15) is 4.79 Å². The number of hydrogen-bond donors (Lipinski definition) is 1. The van der Waals surface area contributed by atoms with E-state index >= 15 is 0 Å². The third kappa shape index (κ3) is 4.30. The van der Waals surface area contributed by atoms with Gasteiger partial charge in [0.25, 0.3) is 0 Å². The lowest BCUT2D eigenvalue weighted by Gasteiger charge is -2.33. The van der Waals surface area contributed by atoms with Crippen molar-refractivity contribution in [1.82, 2.24) is 4.90 Å². The molecule has 0 saturated heterocycles. The van der Waals surface area contributed by atoms with Crippen LogP contribution in [0.5, 0.6) is 0 Å². The molecule has 3 nitrogen and oxygen atoms in total. The Balaban J connectivity index is 2.60. The summed E-state index contributed by atoms with van der Waals surface area (Å²) < 4.78 is 0. The van der Waals surface area contributed by atoms with E-state index < -0.39 is 0 Å². The lowest BCUT2D eigenvalue weighted by molar-refractivity contribution is -0.136. The molecule has 0 unspecified atom stereocenters. The van der Waals surface area contributed by atoms with Crippen molar-refractivity contribution in [3.8, 4) is 0 Å². The minimum atomic E-state index is 0.0312. The van der Waals surface area contributed by atoms with E-state index in [1.54, 1.807) is 0 Å². The highest BCUT2D eigenvalue weighted by Gasteiger charge is 2.29. The summed E-state index contributed by atoms with van der Waals surface area (Å²) in [7, 11) is 0. The van der Waals surface area contributed by atoms with Crippen LogP contribution in [0.3, 0.4) is 0 Å². The zero-order valence-electron chi connectivity index (χ0n) is 11.7. The Bertz CT molecular complexity index is 245. The van der Waals surface area contributed by atoms with E-state index in [0.29, 0.717) is 12.5 Å². The molecule has 1 amide bonds. The summed E-state index contributed by atoms with van der Waals surface area (Å²) in [5, 5.41) is 0. The highest BCUT2D eigenvalue weighted by molar-refractivity contribution is 5.79. The van der Waals surface area contributed by atoms with Gasteiger partial charge in [-0.3, -0.25) is 4.79 Å². The molecule has 1 fully saturated rings. The Morgan fingerprint density at radius 3 is 2.41 bits per heavy atom. The fourth-order valence-electron chi connectivity index (χ4n) is 2.55. The van der Waals surface area contributed by atoms with Gasteiger partial charge >= 0.3 is 0 Å². The van der Waals surface area contributed by atoms with Gasteiger partial charge in [0.15, 0.2) is 0 Å². The first-order valence-corrected chi connectivity index (χ1v) is 6.99. The minimum Gasteiger partial charge on any atom is -0.342 e. The average molecular weight is 240 g/mol. The van der Waals surface area contributed by atoms with E-state index in [1.165, 1.54) is 12.8 Å². The highest BCUT2D eigenvalue weighted by Crippen LogP contribution is 2.27. The molecule has 17 heavy (non-hydrogen) atoms. The lowest BCUT2D eigenvalue weighted by Crippen LogP contribution is -2.44. The van der Waals surface area contributed by atoms with E-state index in [4.69, 9.17) is 5.73 Å². The standard InChI is InChI=1S/C14H28N2O/c1-4-9-16(11-14(2,3)10-15)13(17)12-7-5-6-8-12/h12H,4-11,15H2,1-3H3. The molecular formula is C14H28N2O. The Kier molecular flexibility index (Phi) is 5.44. The van der Waals surface area contributed by atoms with Gasteiger partial charge in [-0.2, -0.15) is 0 Å². The molecule has 0 aromatic carbocycles. The second-order valence-corrected chi connectivity index (χ2v) is 6.11. The SMILES string of the molecule is CCCN(CC(C)(C)CN)C(=O)C1CCCC1. The van der Waals surface area contributed by atoms with Crippen LogP contribution in [0.1, 0.15) is 52.9 Å². The molecule has 0 radical (unpaired) electrons. The quantitative estimate of drug-likeness (QED) is 0.775. The first-order chi connectivity index (χ1) is 8.00. The van der Waals surface area contributed by atoms with Crippen molar-refractivity contribution in [2.45, 2.75) is 52.9 Å². The topological polar surface area (TPSA) is 46.3 Å². The number of nitrogens with zero attached hydrogens (tertiary/aromatic N) is 1. The molecule has 0 aromatic heterocycles. The van der Waals surface area contributed by atoms with E-state index in [0.717, 1.165) is 32.4 Å². The van der Waals surface area contributed by atoms with Crippen molar-refractivity contribution in [3.05, 3.63) is 0 Å². The van der Waals surface area contributed by atoms with Crippen molar-refractivity contribution in [2.75, 3.05) is 19.6 Å². The van der Waals surface area contributed by atoms with Gasteiger partial charge in [0, 0.05) is 19.0 Å². The molecule has 1 saturated carbocycles. The molecule has 0 aliphatic heterocycles. The van der Waals surface area contributed by atoms with Crippen LogP contribution in [0.15, 0.2) is 0 Å². The fraction of sp³-hybridized carbons (Fsp3) is 0.929. The third-order valence-electron chi connectivity index (χ3n) is 3.68. The van der Waals surface area contributed by atoms with Crippen molar-refractivity contribution in [2.24, 2.45) is 17.1 Å². The van der Waals surface area contributed by atoms with Gasteiger partial charge in [0.05, 0.1) is 0 Å².